The van der Waals surface area contributed by atoms with Crippen LogP contribution in [0.3, 0.4) is 0 Å². The molecule has 5 nitrogen and oxygen atoms in total. The van der Waals surface area contributed by atoms with Crippen molar-refractivity contribution in [2.45, 2.75) is 20.1 Å². The van der Waals surface area contributed by atoms with Crippen LogP contribution >= 0.6 is 0 Å². The topological polar surface area (TPSA) is 67.5 Å². The minimum atomic E-state index is -0.431. The molecule has 0 radical (unpaired) electrons. The van der Waals surface area contributed by atoms with Gasteiger partial charge in [0.2, 0.25) is 5.89 Å². The molecule has 0 unspecified atom stereocenters. The second-order valence-corrected chi connectivity index (χ2v) is 5.31. The monoisotopic (exact) mass is 328 g/mol. The number of benzene rings is 2. The van der Waals surface area contributed by atoms with Crippen LogP contribution in [-0.2, 0) is 13.2 Å². The molecule has 124 valence electrons. The second kappa shape index (κ2) is 7.25. The lowest BCUT2D eigenvalue weighted by atomic mass is 10.2. The van der Waals surface area contributed by atoms with E-state index in [1.807, 2.05) is 42.7 Å². The van der Waals surface area contributed by atoms with Gasteiger partial charge in [0.25, 0.3) is 0 Å². The standard InChI is InChI=1S/C18H17FN2O3/c1-12-17(21-18(24-12)14-5-3-2-4-6-14)11-23-16-8-13(10-20-22)7-15(19)9-16/h2-9,20,22H,10-11H2,1H3. The Bertz CT molecular complexity index is 818. The van der Waals surface area contributed by atoms with Crippen molar-refractivity contribution in [2.75, 3.05) is 0 Å². The van der Waals surface area contributed by atoms with Crippen molar-refractivity contribution in [2.24, 2.45) is 0 Å². The van der Waals surface area contributed by atoms with Gasteiger partial charge in [0.05, 0.1) is 0 Å². The lowest BCUT2D eigenvalue weighted by Crippen LogP contribution is -2.07. The zero-order chi connectivity index (χ0) is 16.9. The molecule has 0 saturated carbocycles. The van der Waals surface area contributed by atoms with Gasteiger partial charge in [-0.15, -0.1) is 0 Å². The molecule has 2 N–H and O–H groups in total. The van der Waals surface area contributed by atoms with Crippen molar-refractivity contribution in [3.63, 3.8) is 0 Å². The summed E-state index contributed by atoms with van der Waals surface area (Å²) in [6.07, 6.45) is 0. The number of hydroxylamine groups is 1. The Hall–Kier alpha value is -2.70. The summed E-state index contributed by atoms with van der Waals surface area (Å²) >= 11 is 0. The van der Waals surface area contributed by atoms with Gasteiger partial charge in [0.15, 0.2) is 0 Å². The summed E-state index contributed by atoms with van der Waals surface area (Å²) in [5.41, 5.74) is 4.11. The Morgan fingerprint density at radius 1 is 1.21 bits per heavy atom. The first-order valence-corrected chi connectivity index (χ1v) is 7.46. The summed E-state index contributed by atoms with van der Waals surface area (Å²) in [4.78, 5) is 4.44. The van der Waals surface area contributed by atoms with E-state index in [0.717, 1.165) is 5.56 Å². The van der Waals surface area contributed by atoms with Crippen LogP contribution in [0.4, 0.5) is 4.39 Å². The molecule has 2 aromatic carbocycles. The summed E-state index contributed by atoms with van der Waals surface area (Å²) in [5, 5.41) is 8.72. The van der Waals surface area contributed by atoms with Crippen LogP contribution in [0.5, 0.6) is 5.75 Å². The van der Waals surface area contributed by atoms with E-state index in [1.54, 1.807) is 6.07 Å². The molecule has 0 aliphatic rings. The van der Waals surface area contributed by atoms with Gasteiger partial charge in [-0.3, -0.25) is 0 Å². The van der Waals surface area contributed by atoms with E-state index in [4.69, 9.17) is 14.4 Å². The fraction of sp³-hybridized carbons (Fsp3) is 0.167. The Morgan fingerprint density at radius 2 is 2.00 bits per heavy atom. The van der Waals surface area contributed by atoms with E-state index < -0.39 is 5.82 Å². The molecule has 0 amide bonds. The van der Waals surface area contributed by atoms with Crippen LogP contribution in [0.1, 0.15) is 17.0 Å². The molecule has 0 saturated heterocycles. The molecule has 0 aliphatic heterocycles. The van der Waals surface area contributed by atoms with E-state index in [1.165, 1.54) is 12.1 Å². The van der Waals surface area contributed by atoms with Gasteiger partial charge in [-0.05, 0) is 36.8 Å². The summed E-state index contributed by atoms with van der Waals surface area (Å²) < 4.78 is 24.8. The molecule has 0 aliphatic carbocycles. The second-order valence-electron chi connectivity index (χ2n) is 5.31. The van der Waals surface area contributed by atoms with Crippen LogP contribution in [0.2, 0.25) is 0 Å². The van der Waals surface area contributed by atoms with E-state index in [-0.39, 0.29) is 13.2 Å². The predicted molar refractivity (Wildman–Crippen MR) is 86.0 cm³/mol. The molecule has 3 aromatic rings. The van der Waals surface area contributed by atoms with Crippen LogP contribution in [0.15, 0.2) is 52.9 Å². The van der Waals surface area contributed by atoms with Crippen molar-refractivity contribution in [3.05, 3.63) is 71.4 Å². The molecule has 6 heteroatoms. The minimum Gasteiger partial charge on any atom is -0.487 e. The third kappa shape index (κ3) is 3.79. The third-order valence-electron chi connectivity index (χ3n) is 3.50. The highest BCUT2D eigenvalue weighted by atomic mass is 19.1. The van der Waals surface area contributed by atoms with Gasteiger partial charge in [-0.1, -0.05) is 18.2 Å². The van der Waals surface area contributed by atoms with Crippen molar-refractivity contribution < 1.29 is 18.8 Å². The maximum atomic E-state index is 13.6. The van der Waals surface area contributed by atoms with Crippen molar-refractivity contribution >= 4 is 0 Å². The Labute approximate surface area is 138 Å². The SMILES string of the molecule is Cc1oc(-c2ccccc2)nc1COc1cc(F)cc(CNO)c1. The Morgan fingerprint density at radius 3 is 2.75 bits per heavy atom. The van der Waals surface area contributed by atoms with Crippen LogP contribution in [-0.4, -0.2) is 10.2 Å². The molecule has 0 spiro atoms. The number of hydrogen-bond donors (Lipinski definition) is 2. The van der Waals surface area contributed by atoms with Gasteiger partial charge in [0.1, 0.15) is 29.6 Å². The highest BCUT2D eigenvalue weighted by molar-refractivity contribution is 5.53. The fourth-order valence-corrected chi connectivity index (χ4v) is 2.32. The number of aromatic nitrogens is 1. The number of rotatable bonds is 6. The number of ether oxygens (including phenoxy) is 1. The molecule has 0 fully saturated rings. The molecular formula is C18H17FN2O3. The smallest absolute Gasteiger partial charge is 0.226 e. The van der Waals surface area contributed by atoms with E-state index in [9.17, 15) is 4.39 Å². The molecule has 0 bridgehead atoms. The number of oxazole rings is 1. The molecular weight excluding hydrogens is 311 g/mol. The van der Waals surface area contributed by atoms with Crippen LogP contribution in [0, 0.1) is 12.7 Å². The quantitative estimate of drug-likeness (QED) is 0.673. The molecule has 1 heterocycles. The zero-order valence-electron chi connectivity index (χ0n) is 13.1. The first-order valence-electron chi connectivity index (χ1n) is 7.46. The van der Waals surface area contributed by atoms with Crippen molar-refractivity contribution in [1.29, 1.82) is 0 Å². The van der Waals surface area contributed by atoms with Gasteiger partial charge in [-0.25, -0.2) is 14.9 Å². The van der Waals surface area contributed by atoms with Crippen LogP contribution in [0.25, 0.3) is 11.5 Å². The third-order valence-corrected chi connectivity index (χ3v) is 3.50. The molecule has 1 aromatic heterocycles. The average molecular weight is 328 g/mol. The maximum absolute atomic E-state index is 13.6. The highest BCUT2D eigenvalue weighted by Crippen LogP contribution is 2.23. The number of hydrogen-bond acceptors (Lipinski definition) is 5. The largest absolute Gasteiger partial charge is 0.487 e. The lowest BCUT2D eigenvalue weighted by molar-refractivity contribution is 0.161. The normalized spacial score (nSPS) is 10.8. The number of halogens is 1. The first kappa shape index (κ1) is 16.2. The summed E-state index contributed by atoms with van der Waals surface area (Å²) in [6, 6.07) is 13.8. The molecule has 0 atom stereocenters. The molecule has 24 heavy (non-hydrogen) atoms. The molecule has 3 rings (SSSR count). The minimum absolute atomic E-state index is 0.134. The van der Waals surface area contributed by atoms with E-state index in [0.29, 0.717) is 28.7 Å². The summed E-state index contributed by atoms with van der Waals surface area (Å²) in [7, 11) is 0. The average Bonchev–Trinajstić information content (AvgIpc) is 2.95. The van der Waals surface area contributed by atoms with Gasteiger partial charge >= 0.3 is 0 Å². The number of aryl methyl sites for hydroxylation is 1. The first-order chi connectivity index (χ1) is 11.7. The van der Waals surface area contributed by atoms with Crippen LogP contribution < -0.4 is 10.2 Å². The zero-order valence-corrected chi connectivity index (χ0v) is 13.1. The Balaban J connectivity index is 1.74. The van der Waals surface area contributed by atoms with Crippen molar-refractivity contribution in [1.82, 2.24) is 10.5 Å². The predicted octanol–water partition coefficient (Wildman–Crippen LogP) is 3.85. The maximum Gasteiger partial charge on any atom is 0.226 e. The van der Waals surface area contributed by atoms with Gasteiger partial charge in [-0.2, -0.15) is 0 Å². The summed E-state index contributed by atoms with van der Waals surface area (Å²) in [5.74, 6) is 1.11. The lowest BCUT2D eigenvalue weighted by Gasteiger charge is -2.07. The van der Waals surface area contributed by atoms with Gasteiger partial charge < -0.3 is 14.4 Å². The highest BCUT2D eigenvalue weighted by Gasteiger charge is 2.12. The van der Waals surface area contributed by atoms with E-state index in [2.05, 4.69) is 4.98 Å². The van der Waals surface area contributed by atoms with Gasteiger partial charge in [0, 0.05) is 18.2 Å². The Kier molecular flexibility index (Phi) is 4.88. The number of nitrogens with one attached hydrogen (secondary N) is 1. The van der Waals surface area contributed by atoms with E-state index >= 15 is 0 Å². The van der Waals surface area contributed by atoms with Crippen molar-refractivity contribution in [3.8, 4) is 17.2 Å². The number of nitrogens with zero attached hydrogens (tertiary/aromatic N) is 1. The fourth-order valence-electron chi connectivity index (χ4n) is 2.32. The summed E-state index contributed by atoms with van der Waals surface area (Å²) in [6.45, 7) is 2.11.